The number of phenolic OH excluding ortho intramolecular Hbond substituents is 1. The summed E-state index contributed by atoms with van der Waals surface area (Å²) in [7, 11) is 0. The van der Waals surface area contributed by atoms with Gasteiger partial charge in [-0.05, 0) is 41.2 Å². The van der Waals surface area contributed by atoms with Gasteiger partial charge in [-0.15, -0.1) is 0 Å². The number of phenols is 1. The molecule has 2 aliphatic heterocycles. The van der Waals surface area contributed by atoms with Crippen molar-refractivity contribution < 1.29 is 10.0 Å². The smallest absolute Gasteiger partial charge is 0.311 e. The molecular weight excluding hydrogens is 280 g/mol. The zero-order chi connectivity index (χ0) is 15.3. The van der Waals surface area contributed by atoms with Crippen LogP contribution in [0.25, 0.3) is 0 Å². The molecule has 2 heterocycles. The fraction of sp³-hybridized carbons (Fsp3) is 0.294. The molecule has 112 valence electrons. The van der Waals surface area contributed by atoms with Crippen molar-refractivity contribution in [3.63, 3.8) is 0 Å². The van der Waals surface area contributed by atoms with E-state index in [-0.39, 0.29) is 17.5 Å². The molecule has 0 aliphatic carbocycles. The molecule has 5 nitrogen and oxygen atoms in total. The Morgan fingerprint density at radius 2 is 1.82 bits per heavy atom. The molecule has 0 radical (unpaired) electrons. The summed E-state index contributed by atoms with van der Waals surface area (Å²) in [5.74, 6) is -0.235. The van der Waals surface area contributed by atoms with E-state index in [1.54, 1.807) is 12.1 Å². The Morgan fingerprint density at radius 1 is 1.09 bits per heavy atom. The summed E-state index contributed by atoms with van der Waals surface area (Å²) in [5.41, 5.74) is 4.31. The molecule has 2 aromatic carbocycles. The second kappa shape index (κ2) is 4.81. The third-order valence-corrected chi connectivity index (χ3v) is 4.78. The molecule has 1 atom stereocenters. The number of nitrogens with zero attached hydrogens (tertiary/aromatic N) is 2. The van der Waals surface area contributed by atoms with E-state index in [1.165, 1.54) is 11.1 Å². The highest BCUT2D eigenvalue weighted by Crippen LogP contribution is 2.43. The van der Waals surface area contributed by atoms with Gasteiger partial charge in [-0.3, -0.25) is 15.0 Å². The minimum absolute atomic E-state index is 0.0630. The van der Waals surface area contributed by atoms with E-state index in [0.717, 1.165) is 37.1 Å². The molecule has 4 rings (SSSR count). The number of benzene rings is 2. The topological polar surface area (TPSA) is 66.6 Å². The summed E-state index contributed by atoms with van der Waals surface area (Å²) in [6.07, 6.45) is 1.84. The van der Waals surface area contributed by atoms with Gasteiger partial charge in [0, 0.05) is 19.2 Å². The first-order valence-electron chi connectivity index (χ1n) is 7.47. The zero-order valence-corrected chi connectivity index (χ0v) is 12.0. The van der Waals surface area contributed by atoms with Crippen LogP contribution >= 0.6 is 0 Å². The molecular formula is C17H16N2O3. The van der Waals surface area contributed by atoms with Gasteiger partial charge in [0.15, 0.2) is 5.75 Å². The molecule has 0 saturated heterocycles. The van der Waals surface area contributed by atoms with Crippen LogP contribution in [0.1, 0.15) is 28.3 Å². The first-order chi connectivity index (χ1) is 10.6. The highest BCUT2D eigenvalue weighted by Gasteiger charge is 2.34. The normalized spacial score (nSPS) is 19.9. The second-order valence-corrected chi connectivity index (χ2v) is 5.93. The predicted molar refractivity (Wildman–Crippen MR) is 82.0 cm³/mol. The molecule has 22 heavy (non-hydrogen) atoms. The Balaban J connectivity index is 1.92. The average molecular weight is 296 g/mol. The van der Waals surface area contributed by atoms with E-state index in [2.05, 4.69) is 17.0 Å². The van der Waals surface area contributed by atoms with Gasteiger partial charge in [0.25, 0.3) is 0 Å². The third kappa shape index (κ3) is 1.89. The van der Waals surface area contributed by atoms with Crippen LogP contribution in [0.5, 0.6) is 5.75 Å². The Kier molecular flexibility index (Phi) is 2.90. The van der Waals surface area contributed by atoms with Gasteiger partial charge in [-0.2, -0.15) is 0 Å². The second-order valence-electron chi connectivity index (χ2n) is 5.93. The molecule has 0 saturated carbocycles. The van der Waals surface area contributed by atoms with Crippen LogP contribution in [0.3, 0.4) is 0 Å². The van der Waals surface area contributed by atoms with Crippen LogP contribution in [0.15, 0.2) is 36.4 Å². The van der Waals surface area contributed by atoms with Gasteiger partial charge in [0.1, 0.15) is 0 Å². The zero-order valence-electron chi connectivity index (χ0n) is 12.0. The third-order valence-electron chi connectivity index (χ3n) is 4.78. The van der Waals surface area contributed by atoms with E-state index in [9.17, 15) is 15.2 Å². The quantitative estimate of drug-likeness (QED) is 0.649. The number of hydrogen-bond acceptors (Lipinski definition) is 4. The van der Waals surface area contributed by atoms with Crippen LogP contribution in [0.4, 0.5) is 5.69 Å². The van der Waals surface area contributed by atoms with Gasteiger partial charge in [-0.1, -0.05) is 24.3 Å². The van der Waals surface area contributed by atoms with Crippen molar-refractivity contribution in [3.8, 4) is 5.75 Å². The van der Waals surface area contributed by atoms with Crippen molar-refractivity contribution >= 4 is 5.69 Å². The lowest BCUT2D eigenvalue weighted by atomic mass is 9.82. The molecule has 1 unspecified atom stereocenters. The van der Waals surface area contributed by atoms with Crippen molar-refractivity contribution in [1.82, 2.24) is 4.90 Å². The maximum atomic E-state index is 11.1. The number of nitro groups is 1. The summed E-state index contributed by atoms with van der Waals surface area (Å²) in [5, 5.41) is 21.0. The maximum absolute atomic E-state index is 11.1. The Hall–Kier alpha value is -2.40. The molecule has 0 fully saturated rings. The maximum Gasteiger partial charge on any atom is 0.311 e. The van der Waals surface area contributed by atoms with Crippen molar-refractivity contribution in [1.29, 1.82) is 0 Å². The summed E-state index contributed by atoms with van der Waals surface area (Å²) in [6, 6.07) is 11.5. The number of rotatable bonds is 1. The highest BCUT2D eigenvalue weighted by atomic mass is 16.6. The number of hydrogen-bond donors (Lipinski definition) is 1. The van der Waals surface area contributed by atoms with E-state index in [4.69, 9.17) is 0 Å². The molecule has 0 spiro atoms. The van der Waals surface area contributed by atoms with Crippen molar-refractivity contribution in [3.05, 3.63) is 68.8 Å². The van der Waals surface area contributed by atoms with Gasteiger partial charge < -0.3 is 5.11 Å². The van der Waals surface area contributed by atoms with E-state index in [1.807, 2.05) is 12.1 Å². The fourth-order valence-electron chi connectivity index (χ4n) is 3.74. The minimum Gasteiger partial charge on any atom is -0.502 e. The Bertz CT molecular complexity index is 772. The van der Waals surface area contributed by atoms with Crippen molar-refractivity contribution in [2.45, 2.75) is 18.9 Å². The van der Waals surface area contributed by atoms with E-state index < -0.39 is 4.92 Å². The lowest BCUT2D eigenvalue weighted by Gasteiger charge is -2.41. The lowest BCUT2D eigenvalue weighted by molar-refractivity contribution is -0.386. The van der Waals surface area contributed by atoms with Gasteiger partial charge in [0.05, 0.1) is 11.0 Å². The molecule has 2 aromatic rings. The van der Waals surface area contributed by atoms with E-state index >= 15 is 0 Å². The number of aromatic hydroxyl groups is 1. The van der Waals surface area contributed by atoms with Crippen LogP contribution in [0, 0.1) is 10.1 Å². The lowest BCUT2D eigenvalue weighted by Crippen LogP contribution is -2.40. The molecule has 2 aliphatic rings. The first kappa shape index (κ1) is 13.3. The predicted octanol–water partition coefficient (Wildman–Crippen LogP) is 2.80. The molecule has 1 N–H and O–H groups in total. The van der Waals surface area contributed by atoms with Crippen LogP contribution in [-0.4, -0.2) is 28.0 Å². The molecule has 0 bridgehead atoms. The first-order valence-corrected chi connectivity index (χ1v) is 7.47. The number of nitro benzene ring substituents is 1. The van der Waals surface area contributed by atoms with Crippen molar-refractivity contribution in [2.24, 2.45) is 0 Å². The average Bonchev–Trinajstić information content (AvgIpc) is 2.53. The Morgan fingerprint density at radius 3 is 2.59 bits per heavy atom. The summed E-state index contributed by atoms with van der Waals surface area (Å²) < 4.78 is 0. The van der Waals surface area contributed by atoms with Crippen LogP contribution < -0.4 is 0 Å². The minimum atomic E-state index is -0.511. The monoisotopic (exact) mass is 296 g/mol. The molecule has 0 amide bonds. The van der Waals surface area contributed by atoms with E-state index in [0.29, 0.717) is 0 Å². The fourth-order valence-corrected chi connectivity index (χ4v) is 3.74. The van der Waals surface area contributed by atoms with Gasteiger partial charge in [0.2, 0.25) is 0 Å². The van der Waals surface area contributed by atoms with Crippen LogP contribution in [-0.2, 0) is 12.8 Å². The standard InChI is InChI=1S/C17H16N2O3/c20-16-9-12-6-8-18-7-5-11-3-1-2-4-13(11)17(18)14(12)10-15(16)19(21)22/h1-4,9-10,17,20H,5-8H2. The summed E-state index contributed by atoms with van der Waals surface area (Å²) in [6.45, 7) is 1.89. The number of fused-ring (bicyclic) bond motifs is 5. The van der Waals surface area contributed by atoms with Gasteiger partial charge >= 0.3 is 5.69 Å². The Labute approximate surface area is 128 Å². The molecule has 5 heteroatoms. The molecule has 0 aromatic heterocycles. The van der Waals surface area contributed by atoms with Gasteiger partial charge in [-0.25, -0.2) is 0 Å². The largest absolute Gasteiger partial charge is 0.502 e. The summed E-state index contributed by atoms with van der Waals surface area (Å²) >= 11 is 0. The SMILES string of the molecule is O=[N+]([O-])c1cc2c(cc1O)CCN1CCc3ccccc3C21. The highest BCUT2D eigenvalue weighted by molar-refractivity contribution is 5.55. The summed E-state index contributed by atoms with van der Waals surface area (Å²) in [4.78, 5) is 13.0. The van der Waals surface area contributed by atoms with Crippen LogP contribution in [0.2, 0.25) is 0 Å². The van der Waals surface area contributed by atoms with Crippen molar-refractivity contribution in [2.75, 3.05) is 13.1 Å².